The first-order chi connectivity index (χ1) is 14.3. The summed E-state index contributed by atoms with van der Waals surface area (Å²) < 4.78 is 16.2. The molecule has 4 rings (SSSR count). The summed E-state index contributed by atoms with van der Waals surface area (Å²) in [6.45, 7) is 1.38. The molecule has 152 valence electrons. The molecular weight excluding hydrogens is 432 g/mol. The maximum absolute atomic E-state index is 13.9. The second-order valence-corrected chi connectivity index (χ2v) is 7.41. The summed E-state index contributed by atoms with van der Waals surface area (Å²) in [7, 11) is 0. The molecule has 0 aliphatic carbocycles. The van der Waals surface area contributed by atoms with E-state index in [0.29, 0.717) is 27.8 Å². The topological polar surface area (TPSA) is 81.3 Å². The van der Waals surface area contributed by atoms with Gasteiger partial charge in [0.15, 0.2) is 5.65 Å². The van der Waals surface area contributed by atoms with Gasteiger partial charge in [0.25, 0.3) is 0 Å². The van der Waals surface area contributed by atoms with Crippen molar-refractivity contribution >= 4 is 40.4 Å². The van der Waals surface area contributed by atoms with Crippen LogP contribution in [0.3, 0.4) is 0 Å². The van der Waals surface area contributed by atoms with Gasteiger partial charge in [0.1, 0.15) is 18.2 Å². The Labute approximate surface area is 179 Å². The number of amides is 1. The molecule has 7 nitrogen and oxygen atoms in total. The van der Waals surface area contributed by atoms with Gasteiger partial charge >= 0.3 is 5.69 Å². The van der Waals surface area contributed by atoms with Gasteiger partial charge in [-0.2, -0.15) is 0 Å². The second kappa shape index (κ2) is 7.89. The Hall–Kier alpha value is -3.23. The largest absolute Gasteiger partial charge is 0.352 e. The molecule has 0 bridgehead atoms. The molecule has 0 radical (unpaired) electrons. The summed E-state index contributed by atoms with van der Waals surface area (Å²) in [6.07, 6.45) is 0. The van der Waals surface area contributed by atoms with Gasteiger partial charge < -0.3 is 5.32 Å². The average Bonchev–Trinajstić information content (AvgIpc) is 2.99. The number of carbonyl (C=O) groups excluding carboxylic acids is 1. The number of aromatic nitrogens is 4. The molecule has 10 heteroatoms. The van der Waals surface area contributed by atoms with Gasteiger partial charge in [-0.15, -0.1) is 5.10 Å². The van der Waals surface area contributed by atoms with Crippen LogP contribution in [-0.4, -0.2) is 25.1 Å². The Bertz CT molecular complexity index is 1330. The minimum Gasteiger partial charge on any atom is -0.322 e. The smallest absolute Gasteiger partial charge is 0.322 e. The maximum atomic E-state index is 13.9. The summed E-state index contributed by atoms with van der Waals surface area (Å²) in [5.41, 5.74) is 1.07. The van der Waals surface area contributed by atoms with E-state index in [4.69, 9.17) is 23.2 Å². The molecule has 0 spiro atoms. The van der Waals surface area contributed by atoms with Crippen LogP contribution in [-0.2, 0) is 11.3 Å². The van der Waals surface area contributed by atoms with Gasteiger partial charge in [0.05, 0.1) is 5.69 Å². The number of hydrogen-bond acceptors (Lipinski definition) is 4. The zero-order valence-corrected chi connectivity index (χ0v) is 17.1. The molecule has 2 aromatic carbocycles. The Morgan fingerprint density at radius 1 is 1.10 bits per heavy atom. The standard InChI is InChI=1S/C20H14Cl2FN5O2/c1-11-8-17-26-27(10-18(29)25-16-7-6-14(22)9-15(16)23)20(30)28(17)19(24-11)12-2-4-13(21)5-3-12/h2-9H,10H2,1H3,(H,25,29). The number of aryl methyl sites for hydroxylation is 1. The fourth-order valence-electron chi connectivity index (χ4n) is 2.97. The number of fused-ring (bicyclic) bond motifs is 1. The second-order valence-electron chi connectivity index (χ2n) is 6.53. The Morgan fingerprint density at radius 2 is 1.80 bits per heavy atom. The summed E-state index contributed by atoms with van der Waals surface area (Å²) >= 11 is 11.7. The van der Waals surface area contributed by atoms with E-state index < -0.39 is 24.0 Å². The average molecular weight is 446 g/mol. The summed E-state index contributed by atoms with van der Waals surface area (Å²) in [6, 6.07) is 12.4. The van der Waals surface area contributed by atoms with Gasteiger partial charge in [-0.05, 0) is 49.4 Å². The predicted octanol–water partition coefficient (Wildman–Crippen LogP) is 3.95. The van der Waals surface area contributed by atoms with Gasteiger partial charge in [-0.25, -0.2) is 23.3 Å². The molecular formula is C20H14Cl2FN5O2. The third kappa shape index (κ3) is 3.92. The van der Waals surface area contributed by atoms with Crippen molar-refractivity contribution in [3.63, 3.8) is 0 Å². The van der Waals surface area contributed by atoms with Crippen LogP contribution in [0.1, 0.15) is 5.69 Å². The molecule has 0 atom stereocenters. The zero-order chi connectivity index (χ0) is 21.4. The Balaban J connectivity index is 1.69. The van der Waals surface area contributed by atoms with E-state index >= 15 is 0 Å². The van der Waals surface area contributed by atoms with Crippen molar-refractivity contribution < 1.29 is 9.18 Å². The number of anilines is 1. The summed E-state index contributed by atoms with van der Waals surface area (Å²) in [5.74, 6) is -0.912. The van der Waals surface area contributed by atoms with Crippen LogP contribution in [0.2, 0.25) is 10.0 Å². The normalized spacial score (nSPS) is 11.1. The molecule has 1 amide bonds. The van der Waals surface area contributed by atoms with Crippen LogP contribution in [0.5, 0.6) is 0 Å². The van der Waals surface area contributed by atoms with Crippen LogP contribution in [0, 0.1) is 12.7 Å². The number of nitrogens with zero attached hydrogens (tertiary/aromatic N) is 4. The van der Waals surface area contributed by atoms with E-state index in [9.17, 15) is 14.0 Å². The lowest BCUT2D eigenvalue weighted by Crippen LogP contribution is -2.29. The van der Waals surface area contributed by atoms with Crippen molar-refractivity contribution in [3.05, 3.63) is 80.6 Å². The third-order valence-corrected chi connectivity index (χ3v) is 4.78. The fourth-order valence-corrected chi connectivity index (χ4v) is 3.25. The predicted molar refractivity (Wildman–Crippen MR) is 112 cm³/mol. The molecule has 2 aromatic heterocycles. The van der Waals surface area contributed by atoms with E-state index in [2.05, 4.69) is 15.4 Å². The van der Waals surface area contributed by atoms with Crippen molar-refractivity contribution in [3.8, 4) is 11.4 Å². The van der Waals surface area contributed by atoms with E-state index in [1.807, 2.05) is 0 Å². The fraction of sp³-hybridized carbons (Fsp3) is 0.100. The zero-order valence-electron chi connectivity index (χ0n) is 15.6. The molecule has 0 saturated carbocycles. The minimum atomic E-state index is -0.678. The highest BCUT2D eigenvalue weighted by Gasteiger charge is 2.17. The molecule has 30 heavy (non-hydrogen) atoms. The van der Waals surface area contributed by atoms with Crippen molar-refractivity contribution in [1.29, 1.82) is 0 Å². The first-order valence-electron chi connectivity index (χ1n) is 8.80. The molecule has 1 N–H and O–H groups in total. The SMILES string of the molecule is Cc1cc2nn(CC(=O)Nc3ccc(Cl)cc3F)c(=O)n2c(-c2ccc(Cl)cc2)n1. The lowest BCUT2D eigenvalue weighted by molar-refractivity contribution is -0.117. The van der Waals surface area contributed by atoms with Crippen LogP contribution in [0.4, 0.5) is 10.1 Å². The number of nitrogens with one attached hydrogen (secondary N) is 1. The highest BCUT2D eigenvalue weighted by molar-refractivity contribution is 6.30. The number of rotatable bonds is 4. The van der Waals surface area contributed by atoms with E-state index in [1.165, 1.54) is 16.5 Å². The third-order valence-electron chi connectivity index (χ3n) is 4.30. The lowest BCUT2D eigenvalue weighted by atomic mass is 10.2. The van der Waals surface area contributed by atoms with Crippen LogP contribution in [0.15, 0.2) is 53.3 Å². The molecule has 0 unspecified atom stereocenters. The van der Waals surface area contributed by atoms with Crippen molar-refractivity contribution in [2.24, 2.45) is 0 Å². The van der Waals surface area contributed by atoms with Crippen LogP contribution < -0.4 is 11.0 Å². The highest BCUT2D eigenvalue weighted by atomic mass is 35.5. The van der Waals surface area contributed by atoms with E-state index in [0.717, 1.165) is 10.7 Å². The Morgan fingerprint density at radius 3 is 2.50 bits per heavy atom. The highest BCUT2D eigenvalue weighted by Crippen LogP contribution is 2.21. The number of carbonyl (C=O) groups is 1. The quantitative estimate of drug-likeness (QED) is 0.515. The van der Waals surface area contributed by atoms with Crippen LogP contribution in [0.25, 0.3) is 17.0 Å². The van der Waals surface area contributed by atoms with Gasteiger partial charge in [-0.3, -0.25) is 4.79 Å². The van der Waals surface area contributed by atoms with Crippen molar-refractivity contribution in [1.82, 2.24) is 19.2 Å². The molecule has 4 aromatic rings. The van der Waals surface area contributed by atoms with Gasteiger partial charge in [0.2, 0.25) is 5.91 Å². The molecule has 0 aliphatic rings. The molecule has 0 fully saturated rings. The van der Waals surface area contributed by atoms with E-state index in [-0.39, 0.29) is 10.7 Å². The lowest BCUT2D eigenvalue weighted by Gasteiger charge is -2.06. The monoisotopic (exact) mass is 445 g/mol. The Kier molecular flexibility index (Phi) is 5.27. The molecule has 2 heterocycles. The number of halogens is 3. The molecule has 0 saturated heterocycles. The van der Waals surface area contributed by atoms with Crippen molar-refractivity contribution in [2.45, 2.75) is 13.5 Å². The summed E-state index contributed by atoms with van der Waals surface area (Å²) in [4.78, 5) is 29.7. The van der Waals surface area contributed by atoms with Crippen molar-refractivity contribution in [2.75, 3.05) is 5.32 Å². The summed E-state index contributed by atoms with van der Waals surface area (Å²) in [5, 5.41) is 7.39. The first kappa shape index (κ1) is 20.1. The first-order valence-corrected chi connectivity index (χ1v) is 9.55. The van der Waals surface area contributed by atoms with E-state index in [1.54, 1.807) is 37.3 Å². The maximum Gasteiger partial charge on any atom is 0.352 e. The number of benzene rings is 2. The molecule has 0 aliphatic heterocycles. The van der Waals surface area contributed by atoms with Gasteiger partial charge in [0, 0.05) is 27.4 Å². The van der Waals surface area contributed by atoms with Crippen LogP contribution >= 0.6 is 23.2 Å². The number of hydrogen-bond donors (Lipinski definition) is 1. The van der Waals surface area contributed by atoms with Gasteiger partial charge in [-0.1, -0.05) is 23.2 Å². The minimum absolute atomic E-state index is 0.0411.